The van der Waals surface area contributed by atoms with Crippen molar-refractivity contribution in [2.75, 3.05) is 0 Å². The molecule has 0 saturated heterocycles. The van der Waals surface area contributed by atoms with Crippen LogP contribution in [0.1, 0.15) is 318 Å². The lowest BCUT2D eigenvalue weighted by molar-refractivity contribution is -0.341. The van der Waals surface area contributed by atoms with Crippen molar-refractivity contribution >= 4 is 90.0 Å². The molecule has 0 radical (unpaired) electrons. The maximum Gasteiger partial charge on any atom is 0.608 e. The standard InChI is InChI=1S/C20H30NO2.C19H28NO2.C18H26NO2.C17H21F3NO2.C17H24NO2/c1-18(2,3)12-21-15-11-13(19(4,5)6)10-14(20(7,8)9)16(15)23-17(21)22;1-12(2)11-20-15-10-13(18(3,4)5)9-14(19(6,7)8)16(15)22-17(20)21;1-8-9-19-14-11-12(17(2,3)4)10-13(18(5,6)7)15(14)21-16(19)20;1-15(2,3)10-7-11(16(4,5)6)13-12(8-10)21(14(22)23-13)9-17(18,19)20;1-8-18-13-10-11(16(2,3)4)9-12(17(5,6)7)14(13)20-15(18)19/h10-12H,1-9H3;9-12H,1-8H3;9-11H,8H2,1-7H3;7-9H,1-6H3;8-10H,1-7H3/q5*+1/b21-12+;20-11+;19-9+;21-9+;18-8+. The number of alkyl halides is 3. The Bertz CT molecular complexity index is 4450. The van der Waals surface area contributed by atoms with Crippen LogP contribution in [-0.4, -0.2) is 90.6 Å². The molecule has 5 aromatic rings. The van der Waals surface area contributed by atoms with Gasteiger partial charge in [0.05, 0.1) is 0 Å². The fourth-order valence-electron chi connectivity index (χ4n) is 12.4. The van der Waals surface area contributed by atoms with Gasteiger partial charge in [-0.05, 0) is 82.0 Å². The molecule has 0 spiro atoms. The van der Waals surface area contributed by atoms with Crippen LogP contribution in [0.5, 0.6) is 28.7 Å². The Kier molecular flexibility index (Phi) is 25.2. The van der Waals surface area contributed by atoms with E-state index in [0.717, 1.165) is 57.0 Å². The highest BCUT2D eigenvalue weighted by atomic mass is 19.4. The molecular formula is C91H129F3N5O10+5. The number of halogens is 3. The van der Waals surface area contributed by atoms with Crippen molar-refractivity contribution in [3.05, 3.63) is 116 Å². The summed E-state index contributed by atoms with van der Waals surface area (Å²) >= 11 is 0. The summed E-state index contributed by atoms with van der Waals surface area (Å²) in [5.74, 6) is 3.31. The van der Waals surface area contributed by atoms with Gasteiger partial charge < -0.3 is 23.7 Å². The van der Waals surface area contributed by atoms with Crippen LogP contribution in [0.3, 0.4) is 0 Å². The molecule has 18 heteroatoms. The topological polar surface area (TPSA) is 147 Å². The van der Waals surface area contributed by atoms with Crippen molar-refractivity contribution in [3.63, 3.8) is 0 Å². The van der Waals surface area contributed by atoms with Crippen LogP contribution in [0.15, 0.2) is 60.7 Å². The molecule has 0 bridgehead atoms. The first-order valence-electron chi connectivity index (χ1n) is 38.2. The lowest BCUT2D eigenvalue weighted by Gasteiger charge is -2.25. The highest BCUT2D eigenvalue weighted by molar-refractivity contribution is 5.85. The molecule has 0 N–H and O–H groups in total. The van der Waals surface area contributed by atoms with Crippen molar-refractivity contribution in [2.24, 2.45) is 11.3 Å². The molecule has 0 fully saturated rings. The number of benzene rings is 5. The zero-order valence-electron chi connectivity index (χ0n) is 72.9. The summed E-state index contributed by atoms with van der Waals surface area (Å²) in [5, 5.41) is 0. The highest BCUT2D eigenvalue weighted by Gasteiger charge is 2.49. The normalized spacial score (nSPS) is 17.3. The SMILES string of the molecule is C/C=[N+]1/C(=O)Oc2c1cc(C(C)(C)C)cc2C(C)(C)C.CC(C)(C)/C=[N+]1/C(=O)Oc2c1cc(C(C)(C)C)cc2C(C)(C)C.CC(C)(C)c1cc2c(c(C(C)(C)C)c1)OC(=O)/[N+]2=C/C(F)(F)F.CC(C)/C=[N+]1/C(=O)Oc2c1cc(C(C)(C)C)cc2C(C)(C)C.CC/C=[N+]1/C(=O)Oc2c1cc(C(C)(C)C)cc2C(C)(C)C. The van der Waals surface area contributed by atoms with Gasteiger partial charge in [0.2, 0.25) is 28.7 Å². The summed E-state index contributed by atoms with van der Waals surface area (Å²) in [5.41, 5.74) is 13.4. The van der Waals surface area contributed by atoms with Crippen molar-refractivity contribution in [3.8, 4) is 28.7 Å². The minimum atomic E-state index is -4.61. The van der Waals surface area contributed by atoms with Crippen LogP contribution in [-0.2, 0) is 54.1 Å². The number of hydrogen-bond donors (Lipinski definition) is 0. The highest BCUT2D eigenvalue weighted by Crippen LogP contribution is 2.51. The van der Waals surface area contributed by atoms with Gasteiger partial charge in [-0.1, -0.05) is 302 Å². The molecule has 15 nitrogen and oxygen atoms in total. The largest absolute Gasteiger partial charge is 0.608 e. The molecule has 5 aliphatic heterocycles. The first-order valence-corrected chi connectivity index (χ1v) is 38.2. The number of hydrogen-bond acceptors (Lipinski definition) is 10. The van der Waals surface area contributed by atoms with Gasteiger partial charge in [-0.3, -0.25) is 0 Å². The number of carbonyl (C=O) groups excluding carboxylic acids is 5. The maximum atomic E-state index is 12.7. The third-order valence-corrected chi connectivity index (χ3v) is 18.8. The minimum Gasteiger partial charge on any atom is -0.365 e. The third-order valence-electron chi connectivity index (χ3n) is 18.8. The van der Waals surface area contributed by atoms with Gasteiger partial charge in [0.25, 0.3) is 34.7 Å². The monoisotopic (exact) mass is 1510 g/mol. The van der Waals surface area contributed by atoms with E-state index in [-0.39, 0.29) is 108 Å². The van der Waals surface area contributed by atoms with E-state index >= 15 is 0 Å². The first-order chi connectivity index (χ1) is 48.9. The molecule has 109 heavy (non-hydrogen) atoms. The Morgan fingerprint density at radius 2 is 0.523 bits per heavy atom. The van der Waals surface area contributed by atoms with Gasteiger partial charge in [-0.15, -0.1) is 0 Å². The molecule has 5 heterocycles. The van der Waals surface area contributed by atoms with E-state index in [9.17, 15) is 37.1 Å². The number of nitrogens with zero attached hydrogens (tertiary/aromatic N) is 5. The van der Waals surface area contributed by atoms with Crippen LogP contribution < -0.4 is 23.7 Å². The number of rotatable bonds is 2. The van der Waals surface area contributed by atoms with E-state index in [1.54, 1.807) is 30.6 Å². The van der Waals surface area contributed by atoms with Gasteiger partial charge in [-0.2, -0.15) is 37.1 Å². The second-order valence-corrected chi connectivity index (χ2v) is 41.0. The Morgan fingerprint density at radius 1 is 0.312 bits per heavy atom. The van der Waals surface area contributed by atoms with Gasteiger partial charge in [-0.25, -0.2) is 0 Å². The molecule has 5 aliphatic rings. The smallest absolute Gasteiger partial charge is 0.365 e. The Hall–Kier alpha value is -8.41. The Balaban J connectivity index is 0.000000213. The Labute approximate surface area is 649 Å². The predicted octanol–water partition coefficient (Wildman–Crippen LogP) is 25.2. The van der Waals surface area contributed by atoms with Gasteiger partial charge in [0, 0.05) is 82.8 Å². The predicted molar refractivity (Wildman–Crippen MR) is 436 cm³/mol. The number of fused-ring (bicyclic) bond motifs is 5. The van der Waals surface area contributed by atoms with E-state index in [1.807, 2.05) is 80.1 Å². The first kappa shape index (κ1) is 89.5. The molecule has 0 aliphatic carbocycles. The molecule has 0 aromatic heterocycles. The van der Waals surface area contributed by atoms with E-state index in [0.29, 0.717) is 33.1 Å². The van der Waals surface area contributed by atoms with E-state index in [4.69, 9.17) is 23.7 Å². The number of ether oxygens (including phenoxy) is 5. The molecule has 0 saturated carbocycles. The molecule has 0 atom stereocenters. The summed E-state index contributed by atoms with van der Waals surface area (Å²) in [6.07, 6.45) is 1.36. The van der Waals surface area contributed by atoms with Crippen LogP contribution >= 0.6 is 0 Å². The van der Waals surface area contributed by atoms with Crippen molar-refractivity contribution in [2.45, 2.75) is 323 Å². The van der Waals surface area contributed by atoms with Crippen LogP contribution in [0.2, 0.25) is 0 Å². The average Bonchev–Trinajstić information content (AvgIpc) is 1.77. The molecule has 10 rings (SSSR count). The number of carbonyl (C=O) groups is 5. The summed E-state index contributed by atoms with van der Waals surface area (Å²) in [7, 11) is 0. The van der Waals surface area contributed by atoms with Gasteiger partial charge in [0.15, 0.2) is 24.9 Å². The Morgan fingerprint density at radius 3 is 0.734 bits per heavy atom. The molecule has 594 valence electrons. The summed E-state index contributed by atoms with van der Waals surface area (Å²) in [6, 6.07) is 20.6. The third kappa shape index (κ3) is 21.4. The molecule has 0 unspecified atom stereocenters. The fourth-order valence-corrected chi connectivity index (χ4v) is 12.4. The second-order valence-electron chi connectivity index (χ2n) is 41.0. The maximum absolute atomic E-state index is 12.7. The lowest BCUT2D eigenvalue weighted by Crippen LogP contribution is -2.22. The average molecular weight is 1510 g/mol. The summed E-state index contributed by atoms with van der Waals surface area (Å²) < 4.78 is 72.7. The quantitative estimate of drug-likeness (QED) is 0.157. The van der Waals surface area contributed by atoms with Crippen molar-refractivity contribution < 1.29 is 83.7 Å². The minimum absolute atomic E-state index is 0.00801. The van der Waals surface area contributed by atoms with Crippen molar-refractivity contribution in [1.82, 2.24) is 0 Å². The molecule has 5 amide bonds. The van der Waals surface area contributed by atoms with Gasteiger partial charge >= 0.3 is 36.6 Å². The van der Waals surface area contributed by atoms with E-state index in [2.05, 4.69) is 249 Å². The van der Waals surface area contributed by atoms with E-state index in [1.165, 1.54) is 22.3 Å². The zero-order chi connectivity index (χ0) is 83.7. The summed E-state index contributed by atoms with van der Waals surface area (Å²) in [4.78, 5) is 60.7. The van der Waals surface area contributed by atoms with Crippen LogP contribution in [0.4, 0.5) is 65.6 Å². The van der Waals surface area contributed by atoms with Crippen LogP contribution in [0.25, 0.3) is 0 Å². The molecular weight excluding hydrogens is 1380 g/mol. The zero-order valence-corrected chi connectivity index (χ0v) is 72.9. The molecule has 5 aromatic carbocycles. The number of amides is 5. The van der Waals surface area contributed by atoms with E-state index < -0.39 is 12.3 Å². The summed E-state index contributed by atoms with van der Waals surface area (Å²) in [6.45, 7) is 77.9. The fraction of sp³-hybridized carbons (Fsp3) is 0.560. The van der Waals surface area contributed by atoms with Gasteiger partial charge in [0.1, 0.15) is 0 Å². The van der Waals surface area contributed by atoms with Crippen LogP contribution in [0, 0.1) is 11.3 Å². The second kappa shape index (κ2) is 30.7. The lowest BCUT2D eigenvalue weighted by atomic mass is 9.79. The van der Waals surface area contributed by atoms with Crippen molar-refractivity contribution in [1.29, 1.82) is 0 Å².